The molecule has 0 bridgehead atoms. The Hall–Kier alpha value is -3.13. The van der Waals surface area contributed by atoms with Crippen LogP contribution in [0.2, 0.25) is 0 Å². The van der Waals surface area contributed by atoms with E-state index in [1.54, 1.807) is 41.3 Å². The van der Waals surface area contributed by atoms with Gasteiger partial charge < -0.3 is 9.80 Å². The number of carbonyl (C=O) groups excluding carboxylic acids is 1. The number of benzene rings is 2. The summed E-state index contributed by atoms with van der Waals surface area (Å²) < 4.78 is 13.0. The minimum Gasteiger partial charge on any atom is -0.368 e. The average Bonchev–Trinajstić information content (AvgIpc) is 2.67. The van der Waals surface area contributed by atoms with Crippen LogP contribution in [0.4, 0.5) is 10.1 Å². The molecule has 2 aromatic carbocycles. The van der Waals surface area contributed by atoms with E-state index in [2.05, 4.69) is 11.0 Å². The van der Waals surface area contributed by atoms with Gasteiger partial charge >= 0.3 is 0 Å². The molecule has 5 heteroatoms. The number of amides is 1. The molecule has 1 aliphatic heterocycles. The maximum absolute atomic E-state index is 13.0. The molecule has 2 aromatic rings. The molecule has 0 N–H and O–H groups in total. The van der Waals surface area contributed by atoms with Crippen LogP contribution in [0.3, 0.4) is 0 Å². The lowest BCUT2D eigenvalue weighted by Crippen LogP contribution is -2.48. The van der Waals surface area contributed by atoms with Gasteiger partial charge in [0.05, 0.1) is 11.6 Å². The second-order valence-corrected chi connectivity index (χ2v) is 5.86. The minimum absolute atomic E-state index is 0.0249. The van der Waals surface area contributed by atoms with Crippen molar-refractivity contribution >= 4 is 17.7 Å². The lowest BCUT2D eigenvalue weighted by atomic mass is 10.1. The van der Waals surface area contributed by atoms with Crippen LogP contribution < -0.4 is 4.90 Å². The molecule has 1 amide bonds. The molecule has 0 aliphatic carbocycles. The van der Waals surface area contributed by atoms with E-state index in [-0.39, 0.29) is 11.7 Å². The first kappa shape index (κ1) is 16.7. The van der Waals surface area contributed by atoms with Gasteiger partial charge in [0.2, 0.25) is 5.91 Å². The van der Waals surface area contributed by atoms with E-state index in [0.717, 1.165) is 24.3 Å². The van der Waals surface area contributed by atoms with Crippen molar-refractivity contribution in [1.82, 2.24) is 4.90 Å². The quantitative estimate of drug-likeness (QED) is 0.810. The summed E-state index contributed by atoms with van der Waals surface area (Å²) in [6, 6.07) is 15.6. The highest BCUT2D eigenvalue weighted by Gasteiger charge is 2.19. The Balaban J connectivity index is 1.55. The Kier molecular flexibility index (Phi) is 5.10. The monoisotopic (exact) mass is 335 g/mol. The molecule has 4 nitrogen and oxygen atoms in total. The molecule has 0 spiro atoms. The van der Waals surface area contributed by atoms with Crippen molar-refractivity contribution < 1.29 is 9.18 Å². The summed E-state index contributed by atoms with van der Waals surface area (Å²) in [5.41, 5.74) is 2.46. The first-order valence-electron chi connectivity index (χ1n) is 8.13. The number of piperazine rings is 1. The molecule has 0 aromatic heterocycles. The van der Waals surface area contributed by atoms with Crippen LogP contribution in [0, 0.1) is 17.1 Å². The standard InChI is InChI=1S/C20H18FN3O/c21-18-6-8-19(9-7-18)23-11-13-24(14-12-23)20(25)10-5-16-1-3-17(15-22)4-2-16/h1-10H,11-14H2/b10-5+. The lowest BCUT2D eigenvalue weighted by Gasteiger charge is -2.35. The highest BCUT2D eigenvalue weighted by Crippen LogP contribution is 2.17. The number of hydrogen-bond donors (Lipinski definition) is 0. The minimum atomic E-state index is -0.245. The van der Waals surface area contributed by atoms with Crippen LogP contribution in [-0.4, -0.2) is 37.0 Å². The molecule has 0 saturated carbocycles. The Morgan fingerprint density at radius 1 is 1.00 bits per heavy atom. The van der Waals surface area contributed by atoms with Crippen molar-refractivity contribution in [1.29, 1.82) is 5.26 Å². The van der Waals surface area contributed by atoms with Gasteiger partial charge in [0.25, 0.3) is 0 Å². The first-order chi connectivity index (χ1) is 12.2. The second-order valence-electron chi connectivity index (χ2n) is 5.86. The molecule has 0 unspecified atom stereocenters. The fourth-order valence-corrected chi connectivity index (χ4v) is 2.78. The molecule has 1 heterocycles. The van der Waals surface area contributed by atoms with Crippen molar-refractivity contribution in [2.75, 3.05) is 31.1 Å². The van der Waals surface area contributed by atoms with Crippen molar-refractivity contribution in [2.24, 2.45) is 0 Å². The molecule has 3 rings (SSSR count). The zero-order chi connectivity index (χ0) is 17.6. The van der Waals surface area contributed by atoms with E-state index < -0.39 is 0 Å². The second kappa shape index (κ2) is 7.63. The highest BCUT2D eigenvalue weighted by atomic mass is 19.1. The van der Waals surface area contributed by atoms with Gasteiger partial charge in [0, 0.05) is 37.9 Å². The molecule has 25 heavy (non-hydrogen) atoms. The molecule has 1 aliphatic rings. The summed E-state index contributed by atoms with van der Waals surface area (Å²) in [6.45, 7) is 2.71. The van der Waals surface area contributed by atoms with Crippen LogP contribution in [-0.2, 0) is 4.79 Å². The van der Waals surface area contributed by atoms with E-state index in [9.17, 15) is 9.18 Å². The highest BCUT2D eigenvalue weighted by molar-refractivity contribution is 5.92. The maximum Gasteiger partial charge on any atom is 0.246 e. The molecule has 1 saturated heterocycles. The largest absolute Gasteiger partial charge is 0.368 e. The Morgan fingerprint density at radius 2 is 1.64 bits per heavy atom. The molecule has 126 valence electrons. The first-order valence-corrected chi connectivity index (χ1v) is 8.13. The van der Waals surface area contributed by atoms with Gasteiger partial charge in [-0.25, -0.2) is 4.39 Å². The van der Waals surface area contributed by atoms with Crippen LogP contribution in [0.25, 0.3) is 6.08 Å². The number of nitrogens with zero attached hydrogens (tertiary/aromatic N) is 3. The van der Waals surface area contributed by atoms with Crippen LogP contribution in [0.5, 0.6) is 0 Å². The number of anilines is 1. The summed E-state index contributed by atoms with van der Waals surface area (Å²) in [4.78, 5) is 16.3. The van der Waals surface area contributed by atoms with Crippen LogP contribution in [0.15, 0.2) is 54.6 Å². The molecule has 1 fully saturated rings. The fraction of sp³-hybridized carbons (Fsp3) is 0.200. The van der Waals surface area contributed by atoms with Gasteiger partial charge in [0.15, 0.2) is 0 Å². The molecule has 0 atom stereocenters. The third-order valence-electron chi connectivity index (χ3n) is 4.24. The number of carbonyl (C=O) groups is 1. The Bertz CT molecular complexity index is 798. The summed E-state index contributed by atoms with van der Waals surface area (Å²) in [7, 11) is 0. The third-order valence-corrected chi connectivity index (χ3v) is 4.24. The number of halogens is 1. The summed E-state index contributed by atoms with van der Waals surface area (Å²) >= 11 is 0. The van der Waals surface area contributed by atoms with E-state index in [1.807, 2.05) is 12.1 Å². The van der Waals surface area contributed by atoms with Crippen molar-refractivity contribution in [3.8, 4) is 6.07 Å². The number of hydrogen-bond acceptors (Lipinski definition) is 3. The zero-order valence-corrected chi connectivity index (χ0v) is 13.7. The van der Waals surface area contributed by atoms with Crippen LogP contribution >= 0.6 is 0 Å². The van der Waals surface area contributed by atoms with Gasteiger partial charge in [-0.3, -0.25) is 4.79 Å². The van der Waals surface area contributed by atoms with Crippen molar-refractivity contribution in [3.05, 3.63) is 71.6 Å². The fourth-order valence-electron chi connectivity index (χ4n) is 2.78. The van der Waals surface area contributed by atoms with Gasteiger partial charge in [-0.15, -0.1) is 0 Å². The molecular formula is C20H18FN3O. The SMILES string of the molecule is N#Cc1ccc(/C=C/C(=O)N2CCN(c3ccc(F)cc3)CC2)cc1. The number of nitriles is 1. The van der Waals surface area contributed by atoms with Crippen molar-refractivity contribution in [3.63, 3.8) is 0 Å². The Morgan fingerprint density at radius 3 is 2.24 bits per heavy atom. The lowest BCUT2D eigenvalue weighted by molar-refractivity contribution is -0.126. The number of rotatable bonds is 3. The molecular weight excluding hydrogens is 317 g/mol. The topological polar surface area (TPSA) is 47.3 Å². The normalized spacial score (nSPS) is 14.6. The van der Waals surface area contributed by atoms with Gasteiger partial charge in [-0.1, -0.05) is 12.1 Å². The summed E-state index contributed by atoms with van der Waals surface area (Å²) in [5, 5.41) is 8.78. The van der Waals surface area contributed by atoms with E-state index in [0.29, 0.717) is 18.7 Å². The van der Waals surface area contributed by atoms with E-state index in [4.69, 9.17) is 5.26 Å². The van der Waals surface area contributed by atoms with E-state index in [1.165, 1.54) is 12.1 Å². The zero-order valence-electron chi connectivity index (χ0n) is 13.7. The summed E-state index contributed by atoms with van der Waals surface area (Å²) in [6.07, 6.45) is 3.32. The summed E-state index contributed by atoms with van der Waals surface area (Å²) in [5.74, 6) is -0.270. The predicted octanol–water partition coefficient (Wildman–Crippen LogP) is 3.06. The smallest absolute Gasteiger partial charge is 0.246 e. The van der Waals surface area contributed by atoms with Gasteiger partial charge in [-0.2, -0.15) is 5.26 Å². The van der Waals surface area contributed by atoms with Crippen molar-refractivity contribution in [2.45, 2.75) is 0 Å². The average molecular weight is 335 g/mol. The van der Waals surface area contributed by atoms with Crippen LogP contribution in [0.1, 0.15) is 11.1 Å². The molecule has 0 radical (unpaired) electrons. The maximum atomic E-state index is 13.0. The van der Waals surface area contributed by atoms with Gasteiger partial charge in [-0.05, 0) is 48.0 Å². The van der Waals surface area contributed by atoms with E-state index >= 15 is 0 Å². The Labute approximate surface area is 146 Å². The predicted molar refractivity (Wildman–Crippen MR) is 95.4 cm³/mol. The third kappa shape index (κ3) is 4.24. The van der Waals surface area contributed by atoms with Gasteiger partial charge in [0.1, 0.15) is 5.82 Å².